The fourth-order valence-electron chi connectivity index (χ4n) is 4.51. The van der Waals surface area contributed by atoms with Gasteiger partial charge in [0.2, 0.25) is 11.8 Å². The number of nitrogens with zero attached hydrogens (tertiary/aromatic N) is 3. The molecule has 1 saturated heterocycles. The summed E-state index contributed by atoms with van der Waals surface area (Å²) in [6.45, 7) is 1.02. The molecule has 0 radical (unpaired) electrons. The molecule has 1 aliphatic heterocycles. The number of hydrogen-bond acceptors (Lipinski definition) is 5. The Bertz CT molecular complexity index is 964. The Labute approximate surface area is 202 Å². The molecule has 33 heavy (non-hydrogen) atoms. The number of thiazole rings is 1. The molecule has 1 aliphatic carbocycles. The van der Waals surface area contributed by atoms with Crippen LogP contribution >= 0.6 is 23.6 Å². The topological polar surface area (TPSA) is 77.6 Å². The van der Waals surface area contributed by atoms with Crippen molar-refractivity contribution in [1.82, 2.24) is 14.8 Å². The van der Waals surface area contributed by atoms with E-state index in [1.165, 1.54) is 42.7 Å². The zero-order valence-electron chi connectivity index (χ0n) is 18.3. The highest BCUT2D eigenvalue weighted by molar-refractivity contribution is 7.80. The molecule has 0 spiro atoms. The Balaban J connectivity index is 1.41. The summed E-state index contributed by atoms with van der Waals surface area (Å²) in [5.74, 6) is -0.183. The smallest absolute Gasteiger partial charge is 0.248 e. The second-order valence-corrected chi connectivity index (χ2v) is 9.81. The van der Waals surface area contributed by atoms with E-state index in [4.69, 9.17) is 12.2 Å². The Kier molecular flexibility index (Phi) is 7.87. The van der Waals surface area contributed by atoms with E-state index in [1.807, 2.05) is 5.38 Å². The second kappa shape index (κ2) is 11.0. The average molecular weight is 490 g/mol. The molecule has 2 N–H and O–H groups in total. The van der Waals surface area contributed by atoms with Crippen LogP contribution in [0.1, 0.15) is 38.5 Å². The van der Waals surface area contributed by atoms with Crippen LogP contribution in [-0.2, 0) is 9.59 Å². The van der Waals surface area contributed by atoms with Crippen LogP contribution in [0.2, 0.25) is 0 Å². The Hall–Kier alpha value is -2.59. The van der Waals surface area contributed by atoms with Crippen LogP contribution in [0.5, 0.6) is 0 Å². The van der Waals surface area contributed by atoms with Crippen molar-refractivity contribution in [2.24, 2.45) is 5.92 Å². The van der Waals surface area contributed by atoms with E-state index in [1.54, 1.807) is 28.1 Å². The molecular weight excluding hydrogens is 461 g/mol. The molecule has 1 saturated carbocycles. The van der Waals surface area contributed by atoms with Gasteiger partial charge < -0.3 is 20.4 Å². The maximum Gasteiger partial charge on any atom is 0.248 e. The summed E-state index contributed by atoms with van der Waals surface area (Å²) in [4.78, 5) is 34.0. The monoisotopic (exact) mass is 489 g/mol. The SMILES string of the molecule is O=C(Nc1nccs1)C(CC1CCCCC1)N1CCN(C(=S)Nc2ccc(F)cc2)CC1=O. The minimum atomic E-state index is -0.523. The first kappa shape index (κ1) is 23.6. The number of benzene rings is 1. The van der Waals surface area contributed by atoms with Crippen molar-refractivity contribution in [1.29, 1.82) is 0 Å². The molecule has 176 valence electrons. The van der Waals surface area contributed by atoms with Gasteiger partial charge in [0.05, 0.1) is 6.54 Å². The molecular formula is C23H28FN5O2S2. The van der Waals surface area contributed by atoms with E-state index in [9.17, 15) is 14.0 Å². The molecule has 10 heteroatoms. The van der Waals surface area contributed by atoms with Gasteiger partial charge >= 0.3 is 0 Å². The molecule has 1 aromatic heterocycles. The Morgan fingerprint density at radius 2 is 1.94 bits per heavy atom. The van der Waals surface area contributed by atoms with Crippen molar-refractivity contribution in [3.63, 3.8) is 0 Å². The summed E-state index contributed by atoms with van der Waals surface area (Å²) in [6, 6.07) is 5.38. The lowest BCUT2D eigenvalue weighted by atomic mass is 9.84. The third-order valence-corrected chi connectivity index (χ3v) is 7.31. The zero-order valence-corrected chi connectivity index (χ0v) is 20.0. The van der Waals surface area contributed by atoms with Crippen LogP contribution in [0.4, 0.5) is 15.2 Å². The van der Waals surface area contributed by atoms with E-state index >= 15 is 0 Å². The fourth-order valence-corrected chi connectivity index (χ4v) is 5.32. The van der Waals surface area contributed by atoms with Crippen LogP contribution < -0.4 is 10.6 Å². The highest BCUT2D eigenvalue weighted by atomic mass is 32.1. The van der Waals surface area contributed by atoms with Gasteiger partial charge in [-0.2, -0.15) is 0 Å². The summed E-state index contributed by atoms with van der Waals surface area (Å²) < 4.78 is 13.1. The lowest BCUT2D eigenvalue weighted by Gasteiger charge is -2.40. The van der Waals surface area contributed by atoms with Crippen LogP contribution in [0, 0.1) is 11.7 Å². The van der Waals surface area contributed by atoms with E-state index in [2.05, 4.69) is 15.6 Å². The van der Waals surface area contributed by atoms with Gasteiger partial charge in [0.25, 0.3) is 0 Å². The van der Waals surface area contributed by atoms with Gasteiger partial charge in [0.15, 0.2) is 10.2 Å². The Morgan fingerprint density at radius 3 is 2.61 bits per heavy atom. The number of anilines is 2. The molecule has 2 heterocycles. The summed E-state index contributed by atoms with van der Waals surface area (Å²) in [5.41, 5.74) is 0.661. The third kappa shape index (κ3) is 6.26. The number of thiocarbonyl (C=S) groups is 1. The fraction of sp³-hybridized carbons (Fsp3) is 0.478. The number of piperazine rings is 1. The van der Waals surface area contributed by atoms with Crippen molar-refractivity contribution in [2.45, 2.75) is 44.6 Å². The van der Waals surface area contributed by atoms with Crippen molar-refractivity contribution in [3.8, 4) is 0 Å². The lowest BCUT2D eigenvalue weighted by molar-refractivity contribution is -0.142. The normalized spacial score (nSPS) is 18.2. The summed E-state index contributed by atoms with van der Waals surface area (Å²) in [6.07, 6.45) is 8.11. The number of carbonyl (C=O) groups excluding carboxylic acids is 2. The van der Waals surface area contributed by atoms with E-state index in [-0.39, 0.29) is 24.2 Å². The molecule has 7 nitrogen and oxygen atoms in total. The predicted molar refractivity (Wildman–Crippen MR) is 132 cm³/mol. The number of amides is 2. The summed E-state index contributed by atoms with van der Waals surface area (Å²) >= 11 is 6.83. The van der Waals surface area contributed by atoms with Gasteiger partial charge in [-0.1, -0.05) is 32.1 Å². The zero-order chi connectivity index (χ0) is 23.2. The highest BCUT2D eigenvalue weighted by Gasteiger charge is 2.36. The van der Waals surface area contributed by atoms with Crippen LogP contribution in [0.15, 0.2) is 35.8 Å². The number of halogens is 1. The highest BCUT2D eigenvalue weighted by Crippen LogP contribution is 2.30. The molecule has 1 unspecified atom stereocenters. The molecule has 1 atom stereocenters. The van der Waals surface area contributed by atoms with Crippen molar-refractivity contribution >= 4 is 51.3 Å². The minimum absolute atomic E-state index is 0.0960. The quantitative estimate of drug-likeness (QED) is 0.595. The lowest BCUT2D eigenvalue weighted by Crippen LogP contribution is -2.59. The largest absolute Gasteiger partial charge is 0.338 e. The maximum absolute atomic E-state index is 13.2. The average Bonchev–Trinajstić information content (AvgIpc) is 3.33. The molecule has 2 aromatic rings. The van der Waals surface area contributed by atoms with Gasteiger partial charge in [0, 0.05) is 30.4 Å². The van der Waals surface area contributed by atoms with E-state index < -0.39 is 6.04 Å². The number of hydrogen-bond donors (Lipinski definition) is 2. The molecule has 0 bridgehead atoms. The van der Waals surface area contributed by atoms with Crippen molar-refractivity contribution in [3.05, 3.63) is 41.7 Å². The summed E-state index contributed by atoms with van der Waals surface area (Å²) in [7, 11) is 0. The first-order chi connectivity index (χ1) is 16.0. The van der Waals surface area contributed by atoms with Crippen LogP contribution in [-0.4, -0.2) is 57.4 Å². The van der Waals surface area contributed by atoms with Crippen molar-refractivity contribution in [2.75, 3.05) is 30.3 Å². The second-order valence-electron chi connectivity index (χ2n) is 8.53. The molecule has 4 rings (SSSR count). The standard InChI is InChI=1S/C23H28FN5O2S2/c24-17-6-8-18(9-7-17)26-23(32)28-11-12-29(20(30)15-28)19(14-16-4-2-1-3-5-16)21(31)27-22-25-10-13-33-22/h6-10,13,16,19H,1-5,11-12,14-15H2,(H,26,32)(H,25,27,31). The van der Waals surface area contributed by atoms with Gasteiger partial charge in [-0.3, -0.25) is 9.59 Å². The third-order valence-electron chi connectivity index (χ3n) is 6.26. The van der Waals surface area contributed by atoms with E-state index in [0.717, 1.165) is 12.8 Å². The van der Waals surface area contributed by atoms with Gasteiger partial charge in [-0.15, -0.1) is 11.3 Å². The number of carbonyl (C=O) groups is 2. The van der Waals surface area contributed by atoms with E-state index in [0.29, 0.717) is 41.4 Å². The number of rotatable bonds is 6. The van der Waals surface area contributed by atoms with Crippen LogP contribution in [0.25, 0.3) is 0 Å². The van der Waals surface area contributed by atoms with Gasteiger partial charge in [-0.05, 0) is 48.8 Å². The molecule has 1 aromatic carbocycles. The Morgan fingerprint density at radius 1 is 1.18 bits per heavy atom. The molecule has 2 fully saturated rings. The van der Waals surface area contributed by atoms with Gasteiger partial charge in [-0.25, -0.2) is 9.37 Å². The van der Waals surface area contributed by atoms with Crippen molar-refractivity contribution < 1.29 is 14.0 Å². The predicted octanol–water partition coefficient (Wildman–Crippen LogP) is 4.10. The first-order valence-electron chi connectivity index (χ1n) is 11.3. The molecule has 2 amide bonds. The molecule has 2 aliphatic rings. The summed E-state index contributed by atoms with van der Waals surface area (Å²) in [5, 5.41) is 8.71. The van der Waals surface area contributed by atoms with Crippen LogP contribution in [0.3, 0.4) is 0 Å². The first-order valence-corrected chi connectivity index (χ1v) is 12.6. The maximum atomic E-state index is 13.2. The number of aromatic nitrogens is 1. The minimum Gasteiger partial charge on any atom is -0.338 e. The number of nitrogens with one attached hydrogen (secondary N) is 2. The van der Waals surface area contributed by atoms with Gasteiger partial charge in [0.1, 0.15) is 11.9 Å².